The Labute approximate surface area is 148 Å². The van der Waals surface area contributed by atoms with Crippen LogP contribution in [0.15, 0.2) is 57.0 Å². The van der Waals surface area contributed by atoms with Gasteiger partial charge >= 0.3 is 0 Å². The number of hydrogen-bond donors (Lipinski definition) is 1. The molecule has 124 valence electrons. The molecule has 0 bridgehead atoms. The normalized spacial score (nSPS) is 11.2. The maximum atomic E-state index is 12.1. The third-order valence-corrected chi connectivity index (χ3v) is 3.53. The number of carbonyl (C=O) groups is 1. The van der Waals surface area contributed by atoms with Crippen molar-refractivity contribution in [2.45, 2.75) is 6.92 Å². The Morgan fingerprint density at radius 2 is 2.04 bits per heavy atom. The fourth-order valence-corrected chi connectivity index (χ4v) is 2.23. The van der Waals surface area contributed by atoms with Crippen molar-refractivity contribution in [3.05, 3.63) is 64.6 Å². The first-order valence-electron chi connectivity index (χ1n) is 7.27. The standard InChI is InChI=1S/C18H12ClN3O3/c1-11-8-17(22-25-11)21-18(23)13(10-20)9-15-6-7-16(24-15)12-2-4-14(19)5-3-12/h2-9H,1H3,(H,21,22,23)/b13-9-. The minimum absolute atomic E-state index is 0.113. The summed E-state index contributed by atoms with van der Waals surface area (Å²) >= 11 is 5.86. The minimum atomic E-state index is -0.597. The second-order valence-corrected chi connectivity index (χ2v) is 5.59. The molecule has 0 aliphatic carbocycles. The average Bonchev–Trinajstić information content (AvgIpc) is 3.22. The van der Waals surface area contributed by atoms with E-state index in [1.807, 2.05) is 18.2 Å². The predicted molar refractivity (Wildman–Crippen MR) is 92.6 cm³/mol. The molecule has 0 unspecified atom stereocenters. The molecule has 0 aliphatic heterocycles. The molecule has 3 rings (SSSR count). The average molecular weight is 354 g/mol. The lowest BCUT2D eigenvalue weighted by molar-refractivity contribution is -0.112. The molecule has 1 aromatic carbocycles. The SMILES string of the molecule is Cc1cc(NC(=O)/C(C#N)=C\c2ccc(-c3ccc(Cl)cc3)o2)no1. The first kappa shape index (κ1) is 16.6. The topological polar surface area (TPSA) is 92.1 Å². The number of hydrogen-bond acceptors (Lipinski definition) is 5. The number of nitrogens with one attached hydrogen (secondary N) is 1. The van der Waals surface area contributed by atoms with Gasteiger partial charge in [-0.3, -0.25) is 4.79 Å². The lowest BCUT2D eigenvalue weighted by atomic mass is 10.2. The van der Waals surface area contributed by atoms with E-state index >= 15 is 0 Å². The van der Waals surface area contributed by atoms with Crippen LogP contribution in [0.2, 0.25) is 5.02 Å². The van der Waals surface area contributed by atoms with Crippen LogP contribution < -0.4 is 5.32 Å². The summed E-state index contributed by atoms with van der Waals surface area (Å²) in [6.07, 6.45) is 1.36. The number of amides is 1. The first-order valence-corrected chi connectivity index (χ1v) is 7.65. The van der Waals surface area contributed by atoms with E-state index in [9.17, 15) is 10.1 Å². The molecule has 6 nitrogen and oxygen atoms in total. The highest BCUT2D eigenvalue weighted by Crippen LogP contribution is 2.25. The molecule has 7 heteroatoms. The monoisotopic (exact) mass is 353 g/mol. The van der Waals surface area contributed by atoms with Crippen LogP contribution >= 0.6 is 11.6 Å². The molecule has 0 radical (unpaired) electrons. The summed E-state index contributed by atoms with van der Waals surface area (Å²) < 4.78 is 10.5. The number of aryl methyl sites for hydroxylation is 1. The molecule has 0 saturated carbocycles. The van der Waals surface area contributed by atoms with Crippen molar-refractivity contribution in [1.29, 1.82) is 5.26 Å². The van der Waals surface area contributed by atoms with Gasteiger partial charge in [-0.2, -0.15) is 5.26 Å². The highest BCUT2D eigenvalue weighted by molar-refractivity contribution is 6.30. The van der Waals surface area contributed by atoms with E-state index in [0.29, 0.717) is 22.3 Å². The molecule has 0 aliphatic rings. The zero-order valence-electron chi connectivity index (χ0n) is 13.1. The minimum Gasteiger partial charge on any atom is -0.457 e. The van der Waals surface area contributed by atoms with Gasteiger partial charge in [0.15, 0.2) is 5.82 Å². The van der Waals surface area contributed by atoms with Crippen molar-refractivity contribution in [2.75, 3.05) is 5.32 Å². The zero-order chi connectivity index (χ0) is 17.8. The molecule has 3 aromatic rings. The van der Waals surface area contributed by atoms with E-state index < -0.39 is 5.91 Å². The Hall–Kier alpha value is -3.30. The quantitative estimate of drug-likeness (QED) is 0.552. The van der Waals surface area contributed by atoms with Crippen LogP contribution in [-0.4, -0.2) is 11.1 Å². The van der Waals surface area contributed by atoms with Gasteiger partial charge in [-0.15, -0.1) is 0 Å². The lowest BCUT2D eigenvalue weighted by Crippen LogP contribution is -2.13. The van der Waals surface area contributed by atoms with Crippen molar-refractivity contribution in [1.82, 2.24) is 5.16 Å². The van der Waals surface area contributed by atoms with Crippen molar-refractivity contribution in [3.8, 4) is 17.4 Å². The molecular formula is C18H12ClN3O3. The number of benzene rings is 1. The van der Waals surface area contributed by atoms with Gasteiger partial charge in [-0.1, -0.05) is 16.8 Å². The molecule has 2 aromatic heterocycles. The van der Waals surface area contributed by atoms with Gasteiger partial charge < -0.3 is 14.3 Å². The summed E-state index contributed by atoms with van der Waals surface area (Å²) in [5.74, 6) is 1.18. The van der Waals surface area contributed by atoms with E-state index in [2.05, 4.69) is 10.5 Å². The number of rotatable bonds is 4. The zero-order valence-corrected chi connectivity index (χ0v) is 13.9. The first-order chi connectivity index (χ1) is 12.0. The molecule has 0 saturated heterocycles. The highest BCUT2D eigenvalue weighted by Gasteiger charge is 2.13. The number of nitrogens with zero attached hydrogens (tertiary/aromatic N) is 2. The molecule has 0 atom stereocenters. The lowest BCUT2D eigenvalue weighted by Gasteiger charge is -1.99. The van der Waals surface area contributed by atoms with Gasteiger partial charge in [0, 0.05) is 22.7 Å². The molecular weight excluding hydrogens is 342 g/mol. The predicted octanol–water partition coefficient (Wildman–Crippen LogP) is 4.44. The van der Waals surface area contributed by atoms with Gasteiger partial charge in [-0.25, -0.2) is 0 Å². The van der Waals surface area contributed by atoms with E-state index in [1.165, 1.54) is 6.08 Å². The van der Waals surface area contributed by atoms with E-state index in [-0.39, 0.29) is 11.4 Å². The third kappa shape index (κ3) is 3.97. The largest absolute Gasteiger partial charge is 0.457 e. The molecule has 1 amide bonds. The molecule has 25 heavy (non-hydrogen) atoms. The second-order valence-electron chi connectivity index (χ2n) is 5.16. The number of furan rings is 1. The maximum Gasteiger partial charge on any atom is 0.267 e. The van der Waals surface area contributed by atoms with E-state index in [0.717, 1.165) is 5.56 Å². The number of nitriles is 1. The van der Waals surface area contributed by atoms with Crippen LogP contribution in [0.1, 0.15) is 11.5 Å². The Kier molecular flexibility index (Phi) is 4.68. The fourth-order valence-electron chi connectivity index (χ4n) is 2.10. The number of carbonyl (C=O) groups excluding carboxylic acids is 1. The summed E-state index contributed by atoms with van der Waals surface area (Å²) in [5.41, 5.74) is 0.725. The Morgan fingerprint density at radius 1 is 1.28 bits per heavy atom. The molecule has 0 spiro atoms. The van der Waals surface area contributed by atoms with Crippen LogP contribution in [0.5, 0.6) is 0 Å². The second kappa shape index (κ2) is 7.07. The van der Waals surface area contributed by atoms with Crippen molar-refractivity contribution >= 4 is 29.4 Å². The van der Waals surface area contributed by atoms with Crippen LogP contribution in [0, 0.1) is 18.3 Å². The van der Waals surface area contributed by atoms with Gasteiger partial charge in [-0.05, 0) is 43.3 Å². The van der Waals surface area contributed by atoms with E-state index in [4.69, 9.17) is 20.5 Å². The number of anilines is 1. The third-order valence-electron chi connectivity index (χ3n) is 3.28. The van der Waals surface area contributed by atoms with Crippen LogP contribution in [0.25, 0.3) is 17.4 Å². The fraction of sp³-hybridized carbons (Fsp3) is 0.0556. The van der Waals surface area contributed by atoms with Crippen molar-refractivity contribution in [3.63, 3.8) is 0 Å². The molecule has 0 fully saturated rings. The Morgan fingerprint density at radius 3 is 2.68 bits per heavy atom. The van der Waals surface area contributed by atoms with Crippen LogP contribution in [-0.2, 0) is 4.79 Å². The smallest absolute Gasteiger partial charge is 0.267 e. The summed E-state index contributed by atoms with van der Waals surface area (Å²) in [7, 11) is 0. The Balaban J connectivity index is 1.79. The van der Waals surface area contributed by atoms with Gasteiger partial charge in [0.05, 0.1) is 0 Å². The summed E-state index contributed by atoms with van der Waals surface area (Å²) in [6.45, 7) is 1.70. The van der Waals surface area contributed by atoms with Gasteiger partial charge in [0.2, 0.25) is 0 Å². The van der Waals surface area contributed by atoms with Gasteiger partial charge in [0.25, 0.3) is 5.91 Å². The Bertz CT molecular complexity index is 978. The number of aromatic nitrogens is 1. The highest BCUT2D eigenvalue weighted by atomic mass is 35.5. The van der Waals surface area contributed by atoms with Crippen LogP contribution in [0.3, 0.4) is 0 Å². The summed E-state index contributed by atoms with van der Waals surface area (Å²) in [6, 6.07) is 14.0. The number of halogens is 1. The van der Waals surface area contributed by atoms with Crippen molar-refractivity contribution in [2.24, 2.45) is 0 Å². The van der Waals surface area contributed by atoms with Crippen molar-refractivity contribution < 1.29 is 13.7 Å². The van der Waals surface area contributed by atoms with Gasteiger partial charge in [0.1, 0.15) is 28.9 Å². The maximum absolute atomic E-state index is 12.1. The van der Waals surface area contributed by atoms with E-state index in [1.54, 1.807) is 37.3 Å². The van der Waals surface area contributed by atoms with Crippen LogP contribution in [0.4, 0.5) is 5.82 Å². The summed E-state index contributed by atoms with van der Waals surface area (Å²) in [5, 5.41) is 16.0. The summed E-state index contributed by atoms with van der Waals surface area (Å²) in [4.78, 5) is 12.1. The molecule has 2 heterocycles. The molecule has 1 N–H and O–H groups in total.